The van der Waals surface area contributed by atoms with Gasteiger partial charge in [-0.2, -0.15) is 5.10 Å². The molecule has 62 valence electrons. The Morgan fingerprint density at radius 1 is 1.73 bits per heavy atom. The number of hydrogen-bond acceptors (Lipinski definition) is 3. The molecule has 0 unspecified atom stereocenters. The predicted octanol–water partition coefficient (Wildman–Crippen LogP) is 0.779. The van der Waals surface area contributed by atoms with Gasteiger partial charge in [0.15, 0.2) is 0 Å². The van der Waals surface area contributed by atoms with Gasteiger partial charge in [-0.25, -0.2) is 0 Å². The van der Waals surface area contributed by atoms with Gasteiger partial charge in [0.25, 0.3) is 0 Å². The molecule has 0 amide bonds. The SMILES string of the molecule is Cc1nn(C)cc1SCCN. The minimum atomic E-state index is 0.721. The fourth-order valence-corrected chi connectivity index (χ4v) is 1.70. The van der Waals surface area contributed by atoms with Crippen LogP contribution in [0.4, 0.5) is 0 Å². The van der Waals surface area contributed by atoms with Gasteiger partial charge in [-0.05, 0) is 6.92 Å². The molecular weight excluding hydrogens is 158 g/mol. The fourth-order valence-electron chi connectivity index (χ4n) is 0.888. The van der Waals surface area contributed by atoms with Gasteiger partial charge in [0.05, 0.1) is 5.69 Å². The van der Waals surface area contributed by atoms with Crippen molar-refractivity contribution in [3.8, 4) is 0 Å². The highest BCUT2D eigenvalue weighted by Gasteiger charge is 2.01. The van der Waals surface area contributed by atoms with Crippen LogP contribution >= 0.6 is 11.8 Å². The summed E-state index contributed by atoms with van der Waals surface area (Å²) < 4.78 is 1.83. The third-order valence-electron chi connectivity index (χ3n) is 1.34. The van der Waals surface area contributed by atoms with E-state index in [2.05, 4.69) is 5.10 Å². The van der Waals surface area contributed by atoms with Crippen LogP contribution in [0.5, 0.6) is 0 Å². The van der Waals surface area contributed by atoms with Crippen LogP contribution in [-0.2, 0) is 7.05 Å². The summed E-state index contributed by atoms with van der Waals surface area (Å²) in [5.41, 5.74) is 6.47. The zero-order valence-electron chi connectivity index (χ0n) is 6.87. The Balaban J connectivity index is 2.62. The van der Waals surface area contributed by atoms with Gasteiger partial charge in [0, 0.05) is 30.4 Å². The van der Waals surface area contributed by atoms with E-state index >= 15 is 0 Å². The summed E-state index contributed by atoms with van der Waals surface area (Å²) in [5.74, 6) is 0.965. The van der Waals surface area contributed by atoms with Crippen LogP contribution < -0.4 is 5.73 Å². The molecule has 0 aromatic carbocycles. The molecule has 4 heteroatoms. The van der Waals surface area contributed by atoms with E-state index in [1.807, 2.05) is 24.9 Å². The van der Waals surface area contributed by atoms with Crippen LogP contribution in [0.1, 0.15) is 5.69 Å². The fraction of sp³-hybridized carbons (Fsp3) is 0.571. The predicted molar refractivity (Wildman–Crippen MR) is 47.7 cm³/mol. The molecule has 0 saturated heterocycles. The van der Waals surface area contributed by atoms with E-state index in [9.17, 15) is 0 Å². The van der Waals surface area contributed by atoms with E-state index in [1.54, 1.807) is 11.8 Å². The Morgan fingerprint density at radius 3 is 2.91 bits per heavy atom. The normalized spacial score (nSPS) is 10.5. The second-order valence-corrected chi connectivity index (χ2v) is 3.53. The van der Waals surface area contributed by atoms with Crippen molar-refractivity contribution in [3.63, 3.8) is 0 Å². The molecule has 0 aliphatic carbocycles. The summed E-state index contributed by atoms with van der Waals surface area (Å²) in [6.07, 6.45) is 2.02. The molecule has 0 fully saturated rings. The van der Waals surface area contributed by atoms with Crippen molar-refractivity contribution in [2.24, 2.45) is 12.8 Å². The summed E-state index contributed by atoms with van der Waals surface area (Å²) in [7, 11) is 1.93. The first kappa shape index (κ1) is 8.62. The van der Waals surface area contributed by atoms with Crippen molar-refractivity contribution in [2.45, 2.75) is 11.8 Å². The van der Waals surface area contributed by atoms with Crippen molar-refractivity contribution in [1.82, 2.24) is 9.78 Å². The lowest BCUT2D eigenvalue weighted by Crippen LogP contribution is -2.00. The van der Waals surface area contributed by atoms with Gasteiger partial charge in [0.1, 0.15) is 0 Å². The van der Waals surface area contributed by atoms with Crippen LogP contribution in [0.3, 0.4) is 0 Å². The van der Waals surface area contributed by atoms with Crippen molar-refractivity contribution < 1.29 is 0 Å². The highest BCUT2D eigenvalue weighted by molar-refractivity contribution is 7.99. The van der Waals surface area contributed by atoms with Gasteiger partial charge in [-0.3, -0.25) is 4.68 Å². The third-order valence-corrected chi connectivity index (χ3v) is 2.50. The van der Waals surface area contributed by atoms with Gasteiger partial charge < -0.3 is 5.73 Å². The van der Waals surface area contributed by atoms with Gasteiger partial charge >= 0.3 is 0 Å². The van der Waals surface area contributed by atoms with E-state index in [4.69, 9.17) is 5.73 Å². The monoisotopic (exact) mass is 171 g/mol. The van der Waals surface area contributed by atoms with Crippen LogP contribution in [0.15, 0.2) is 11.1 Å². The Kier molecular flexibility index (Phi) is 2.96. The van der Waals surface area contributed by atoms with Gasteiger partial charge in [-0.15, -0.1) is 11.8 Å². The lowest BCUT2D eigenvalue weighted by molar-refractivity contribution is 0.756. The maximum absolute atomic E-state index is 5.39. The quantitative estimate of drug-likeness (QED) is 0.683. The zero-order valence-corrected chi connectivity index (χ0v) is 7.69. The first-order valence-corrected chi connectivity index (χ1v) is 4.55. The van der Waals surface area contributed by atoms with E-state index in [0.717, 1.165) is 18.0 Å². The molecule has 3 nitrogen and oxygen atoms in total. The van der Waals surface area contributed by atoms with Gasteiger partial charge in [-0.1, -0.05) is 0 Å². The highest BCUT2D eigenvalue weighted by Crippen LogP contribution is 2.19. The van der Waals surface area contributed by atoms with Gasteiger partial charge in [0.2, 0.25) is 0 Å². The molecular formula is C7H13N3S. The minimum absolute atomic E-state index is 0.721. The topological polar surface area (TPSA) is 43.8 Å². The van der Waals surface area contributed by atoms with Crippen LogP contribution in [0.2, 0.25) is 0 Å². The zero-order chi connectivity index (χ0) is 8.27. The molecule has 1 heterocycles. The molecule has 0 aliphatic rings. The highest BCUT2D eigenvalue weighted by atomic mass is 32.2. The molecule has 0 atom stereocenters. The summed E-state index contributed by atoms with van der Waals surface area (Å²) in [6.45, 7) is 2.73. The molecule has 0 radical (unpaired) electrons. The molecule has 1 aromatic rings. The Labute approximate surface area is 71.0 Å². The van der Waals surface area contributed by atoms with Crippen molar-refractivity contribution in [3.05, 3.63) is 11.9 Å². The Morgan fingerprint density at radius 2 is 2.45 bits per heavy atom. The molecule has 1 aromatic heterocycles. The molecule has 2 N–H and O–H groups in total. The average molecular weight is 171 g/mol. The second kappa shape index (κ2) is 3.78. The molecule has 0 bridgehead atoms. The summed E-state index contributed by atoms with van der Waals surface area (Å²) in [5, 5.41) is 4.22. The molecule has 0 spiro atoms. The van der Waals surface area contributed by atoms with Crippen LogP contribution in [0, 0.1) is 6.92 Å². The number of thioether (sulfide) groups is 1. The molecule has 0 saturated carbocycles. The van der Waals surface area contributed by atoms with Crippen molar-refractivity contribution >= 4 is 11.8 Å². The average Bonchev–Trinajstić information content (AvgIpc) is 2.26. The molecule has 11 heavy (non-hydrogen) atoms. The first-order valence-electron chi connectivity index (χ1n) is 3.57. The smallest absolute Gasteiger partial charge is 0.0729 e. The standard InChI is InChI=1S/C7H13N3S/c1-6-7(11-4-3-8)5-10(2)9-6/h5H,3-4,8H2,1-2H3. The first-order chi connectivity index (χ1) is 5.24. The number of hydrogen-bond donors (Lipinski definition) is 1. The van der Waals surface area contributed by atoms with E-state index in [0.29, 0.717) is 0 Å². The lowest BCUT2D eigenvalue weighted by atomic mass is 10.5. The largest absolute Gasteiger partial charge is 0.330 e. The van der Waals surface area contributed by atoms with Crippen LogP contribution in [0.25, 0.3) is 0 Å². The van der Waals surface area contributed by atoms with E-state index in [-0.39, 0.29) is 0 Å². The second-order valence-electron chi connectivity index (χ2n) is 2.39. The molecule has 1 rings (SSSR count). The van der Waals surface area contributed by atoms with Crippen molar-refractivity contribution in [1.29, 1.82) is 0 Å². The number of nitrogens with two attached hydrogens (primary N) is 1. The number of aromatic nitrogens is 2. The number of aryl methyl sites for hydroxylation is 2. The number of rotatable bonds is 3. The number of nitrogens with zero attached hydrogens (tertiary/aromatic N) is 2. The summed E-state index contributed by atoms with van der Waals surface area (Å²) >= 11 is 1.76. The third kappa shape index (κ3) is 2.24. The summed E-state index contributed by atoms with van der Waals surface area (Å²) in [4.78, 5) is 1.23. The Bertz CT molecular complexity index is 232. The molecule has 0 aliphatic heterocycles. The van der Waals surface area contributed by atoms with E-state index in [1.165, 1.54) is 4.90 Å². The van der Waals surface area contributed by atoms with Crippen LogP contribution in [-0.4, -0.2) is 22.1 Å². The van der Waals surface area contributed by atoms with Crippen molar-refractivity contribution in [2.75, 3.05) is 12.3 Å². The maximum atomic E-state index is 5.39. The lowest BCUT2D eigenvalue weighted by Gasteiger charge is -1.93. The minimum Gasteiger partial charge on any atom is -0.330 e. The Hall–Kier alpha value is -0.480. The summed E-state index contributed by atoms with van der Waals surface area (Å²) in [6, 6.07) is 0. The maximum Gasteiger partial charge on any atom is 0.0729 e. The van der Waals surface area contributed by atoms with E-state index < -0.39 is 0 Å².